The maximum atomic E-state index is 12.1. The predicted octanol–water partition coefficient (Wildman–Crippen LogP) is 3.60. The number of aromatic nitrogens is 2. The Labute approximate surface area is 165 Å². The highest BCUT2D eigenvalue weighted by atomic mass is 35.5. The number of hydrogen-bond acceptors (Lipinski definition) is 6. The molecule has 2 aromatic heterocycles. The lowest BCUT2D eigenvalue weighted by molar-refractivity contribution is 0.256. The van der Waals surface area contributed by atoms with Gasteiger partial charge in [-0.05, 0) is 23.9 Å². The highest BCUT2D eigenvalue weighted by Crippen LogP contribution is 2.22. The molecule has 0 aliphatic carbocycles. The number of nitrogens with zero attached hydrogens (tertiary/aromatic N) is 2. The number of anilines is 1. The second-order valence-electron chi connectivity index (χ2n) is 5.56. The lowest BCUT2D eigenvalue weighted by Gasteiger charge is -2.11. The zero-order valence-electron chi connectivity index (χ0n) is 14.1. The van der Waals surface area contributed by atoms with Crippen LogP contribution in [0.15, 0.2) is 52.1 Å². The number of nitrogens with one attached hydrogen (secondary N) is 2. The van der Waals surface area contributed by atoms with Crippen molar-refractivity contribution in [3.8, 4) is 0 Å². The Hall–Kier alpha value is -2.49. The molecule has 0 radical (unpaired) electrons. The summed E-state index contributed by atoms with van der Waals surface area (Å²) in [6.07, 6.45) is 0.546. The number of carbonyl (C=O) groups is 1. The molecule has 10 heteroatoms. The minimum Gasteiger partial charge on any atom is -0.275 e. The minimum atomic E-state index is -3.94. The van der Waals surface area contributed by atoms with E-state index in [-0.39, 0.29) is 15.3 Å². The molecule has 3 aromatic rings. The molecule has 0 aliphatic heterocycles. The lowest BCUT2D eigenvalue weighted by atomic mass is 10.1. The number of benzene rings is 1. The standard InChI is InChI=1S/C17H15ClN4O3S2/c1-11-13(10-12-6-3-2-4-7-12)15(18)20-16(19-11)21-17(23)22-27(24,25)14-8-5-9-26-14/h2-9H,10H2,1H3,(H2,19,20,21,22,23). The summed E-state index contributed by atoms with van der Waals surface area (Å²) in [6.45, 7) is 1.75. The van der Waals surface area contributed by atoms with Crippen LogP contribution in [-0.2, 0) is 16.4 Å². The Morgan fingerprint density at radius 3 is 2.52 bits per heavy atom. The van der Waals surface area contributed by atoms with E-state index in [1.54, 1.807) is 18.4 Å². The van der Waals surface area contributed by atoms with Crippen molar-refractivity contribution in [3.63, 3.8) is 0 Å². The maximum Gasteiger partial charge on any atom is 0.335 e. The molecule has 7 nitrogen and oxygen atoms in total. The van der Waals surface area contributed by atoms with Gasteiger partial charge < -0.3 is 0 Å². The largest absolute Gasteiger partial charge is 0.335 e. The van der Waals surface area contributed by atoms with Gasteiger partial charge in [-0.15, -0.1) is 11.3 Å². The van der Waals surface area contributed by atoms with Gasteiger partial charge in [-0.3, -0.25) is 5.32 Å². The zero-order chi connectivity index (χ0) is 19.4. The monoisotopic (exact) mass is 422 g/mol. The summed E-state index contributed by atoms with van der Waals surface area (Å²) < 4.78 is 26.1. The number of rotatable bonds is 5. The number of urea groups is 1. The average molecular weight is 423 g/mol. The maximum absolute atomic E-state index is 12.1. The minimum absolute atomic E-state index is 0.0333. The van der Waals surface area contributed by atoms with Crippen molar-refractivity contribution < 1.29 is 13.2 Å². The molecule has 0 bridgehead atoms. The summed E-state index contributed by atoms with van der Waals surface area (Å²) >= 11 is 7.25. The van der Waals surface area contributed by atoms with Crippen LogP contribution in [0.1, 0.15) is 16.8 Å². The van der Waals surface area contributed by atoms with Crippen LogP contribution in [0.25, 0.3) is 0 Å². The van der Waals surface area contributed by atoms with E-state index in [1.165, 1.54) is 6.07 Å². The summed E-state index contributed by atoms with van der Waals surface area (Å²) in [4.78, 5) is 20.3. The Balaban J connectivity index is 1.73. The fraction of sp³-hybridized carbons (Fsp3) is 0.118. The van der Waals surface area contributed by atoms with Gasteiger partial charge >= 0.3 is 6.03 Å². The first-order chi connectivity index (χ1) is 12.8. The van der Waals surface area contributed by atoms with Crippen molar-refractivity contribution in [3.05, 3.63) is 69.8 Å². The first kappa shape index (κ1) is 19.3. The van der Waals surface area contributed by atoms with Crippen LogP contribution in [0.3, 0.4) is 0 Å². The highest BCUT2D eigenvalue weighted by Gasteiger charge is 2.20. The lowest BCUT2D eigenvalue weighted by Crippen LogP contribution is -2.34. The molecule has 2 heterocycles. The molecule has 0 fully saturated rings. The molecule has 2 N–H and O–H groups in total. The molecule has 1 aromatic carbocycles. The van der Waals surface area contributed by atoms with Crippen LogP contribution >= 0.6 is 22.9 Å². The zero-order valence-corrected chi connectivity index (χ0v) is 16.5. The average Bonchev–Trinajstić information content (AvgIpc) is 3.14. The smallest absolute Gasteiger partial charge is 0.275 e. The summed E-state index contributed by atoms with van der Waals surface area (Å²) in [7, 11) is -3.94. The number of aryl methyl sites for hydroxylation is 1. The Morgan fingerprint density at radius 1 is 1.15 bits per heavy atom. The van der Waals surface area contributed by atoms with E-state index in [0.717, 1.165) is 22.5 Å². The number of sulfonamides is 1. The molecule has 0 saturated carbocycles. The number of halogens is 1. The van der Waals surface area contributed by atoms with E-state index in [4.69, 9.17) is 11.6 Å². The number of amides is 2. The number of thiophene rings is 1. The summed E-state index contributed by atoms with van der Waals surface area (Å²) in [6, 6.07) is 11.7. The Kier molecular flexibility index (Phi) is 5.73. The fourth-order valence-electron chi connectivity index (χ4n) is 2.33. The Morgan fingerprint density at radius 2 is 1.89 bits per heavy atom. The van der Waals surface area contributed by atoms with Crippen LogP contribution in [0.2, 0.25) is 5.15 Å². The first-order valence-electron chi connectivity index (χ1n) is 7.79. The van der Waals surface area contributed by atoms with Crippen molar-refractivity contribution in [2.45, 2.75) is 17.6 Å². The normalized spacial score (nSPS) is 11.2. The van der Waals surface area contributed by atoms with Crippen molar-refractivity contribution >= 4 is 44.9 Å². The van der Waals surface area contributed by atoms with E-state index in [2.05, 4.69) is 15.3 Å². The molecule has 0 aliphatic rings. The van der Waals surface area contributed by atoms with Gasteiger partial charge in [-0.25, -0.2) is 27.9 Å². The molecule has 0 spiro atoms. The molecule has 0 atom stereocenters. The second-order valence-corrected chi connectivity index (χ2v) is 8.77. The van der Waals surface area contributed by atoms with Crippen molar-refractivity contribution in [2.24, 2.45) is 0 Å². The van der Waals surface area contributed by atoms with Gasteiger partial charge in [-0.1, -0.05) is 48.0 Å². The first-order valence-corrected chi connectivity index (χ1v) is 10.5. The van der Waals surface area contributed by atoms with Gasteiger partial charge in [0.25, 0.3) is 10.0 Å². The van der Waals surface area contributed by atoms with E-state index in [0.29, 0.717) is 12.1 Å². The van der Waals surface area contributed by atoms with Gasteiger partial charge in [-0.2, -0.15) is 0 Å². The number of carbonyl (C=O) groups excluding carboxylic acids is 1. The van der Waals surface area contributed by atoms with E-state index in [9.17, 15) is 13.2 Å². The third-order valence-electron chi connectivity index (χ3n) is 3.60. The van der Waals surface area contributed by atoms with E-state index in [1.807, 2.05) is 35.1 Å². The molecule has 140 valence electrons. The molecule has 27 heavy (non-hydrogen) atoms. The van der Waals surface area contributed by atoms with Gasteiger partial charge in [0.05, 0.1) is 0 Å². The van der Waals surface area contributed by atoms with E-state index >= 15 is 0 Å². The fourth-order valence-corrected chi connectivity index (χ4v) is 4.52. The van der Waals surface area contributed by atoms with Gasteiger partial charge in [0.1, 0.15) is 9.36 Å². The van der Waals surface area contributed by atoms with Gasteiger partial charge in [0, 0.05) is 17.7 Å². The third kappa shape index (κ3) is 4.82. The molecular weight excluding hydrogens is 408 g/mol. The van der Waals surface area contributed by atoms with Crippen LogP contribution < -0.4 is 10.0 Å². The SMILES string of the molecule is Cc1nc(NC(=O)NS(=O)(=O)c2cccs2)nc(Cl)c1Cc1ccccc1. The second kappa shape index (κ2) is 8.03. The van der Waals surface area contributed by atoms with Gasteiger partial charge in [0.15, 0.2) is 0 Å². The molecular formula is C17H15ClN4O3S2. The van der Waals surface area contributed by atoms with Crippen LogP contribution in [0, 0.1) is 6.92 Å². The summed E-state index contributed by atoms with van der Waals surface area (Å²) in [5.74, 6) is -0.0757. The molecule has 0 saturated heterocycles. The molecule has 3 rings (SSSR count). The molecule has 0 unspecified atom stereocenters. The topological polar surface area (TPSA) is 101 Å². The summed E-state index contributed by atoms with van der Waals surface area (Å²) in [5.41, 5.74) is 2.38. The van der Waals surface area contributed by atoms with Gasteiger partial charge in [0.2, 0.25) is 5.95 Å². The van der Waals surface area contributed by atoms with E-state index < -0.39 is 16.1 Å². The third-order valence-corrected chi connectivity index (χ3v) is 6.64. The van der Waals surface area contributed by atoms with Crippen LogP contribution in [-0.4, -0.2) is 24.4 Å². The molecule has 2 amide bonds. The quantitative estimate of drug-likeness (QED) is 0.612. The van der Waals surface area contributed by atoms with Crippen molar-refractivity contribution in [1.29, 1.82) is 0 Å². The predicted molar refractivity (Wildman–Crippen MR) is 105 cm³/mol. The highest BCUT2D eigenvalue weighted by molar-refractivity contribution is 7.92. The summed E-state index contributed by atoms with van der Waals surface area (Å²) in [5, 5.41) is 4.10. The number of hydrogen-bond donors (Lipinski definition) is 2. The van der Waals surface area contributed by atoms with Crippen molar-refractivity contribution in [2.75, 3.05) is 5.32 Å². The van der Waals surface area contributed by atoms with Crippen LogP contribution in [0.5, 0.6) is 0 Å². The Bertz CT molecular complexity index is 1030. The van der Waals surface area contributed by atoms with Crippen LogP contribution in [0.4, 0.5) is 10.7 Å². The van der Waals surface area contributed by atoms with Crippen molar-refractivity contribution in [1.82, 2.24) is 14.7 Å².